The van der Waals surface area contributed by atoms with Gasteiger partial charge >= 0.3 is 5.97 Å². The monoisotopic (exact) mass is 238 g/mol. The number of methoxy groups -OCH3 is 1. The molecular formula is C10H7ClN2O3. The van der Waals surface area contributed by atoms with Crippen LogP contribution in [0.25, 0.3) is 10.9 Å². The molecule has 0 aliphatic carbocycles. The molecule has 16 heavy (non-hydrogen) atoms. The number of carbonyl (C=O) groups is 1. The lowest BCUT2D eigenvalue weighted by molar-refractivity contribution is 0.0692. The Morgan fingerprint density at radius 1 is 1.56 bits per heavy atom. The molecule has 0 radical (unpaired) electrons. The van der Waals surface area contributed by atoms with Gasteiger partial charge in [0.1, 0.15) is 10.7 Å². The third-order valence-corrected chi connectivity index (χ3v) is 2.38. The van der Waals surface area contributed by atoms with Gasteiger partial charge < -0.3 is 9.84 Å². The minimum absolute atomic E-state index is 0.0371. The summed E-state index contributed by atoms with van der Waals surface area (Å²) in [5.41, 5.74) is 0.506. The van der Waals surface area contributed by atoms with Crippen LogP contribution in [0.2, 0.25) is 5.15 Å². The summed E-state index contributed by atoms with van der Waals surface area (Å²) < 4.78 is 4.90. The van der Waals surface area contributed by atoms with E-state index in [1.54, 1.807) is 6.07 Å². The van der Waals surface area contributed by atoms with Crippen LogP contribution in [0, 0.1) is 0 Å². The van der Waals surface area contributed by atoms with E-state index in [4.69, 9.17) is 21.4 Å². The lowest BCUT2D eigenvalue weighted by atomic mass is 10.2. The van der Waals surface area contributed by atoms with Gasteiger partial charge in [-0.1, -0.05) is 11.6 Å². The van der Waals surface area contributed by atoms with E-state index in [1.165, 1.54) is 19.4 Å². The van der Waals surface area contributed by atoms with E-state index in [-0.39, 0.29) is 16.6 Å². The molecular weight excluding hydrogens is 232 g/mol. The summed E-state index contributed by atoms with van der Waals surface area (Å²) >= 11 is 5.84. The molecule has 0 aromatic carbocycles. The number of fused-ring (bicyclic) bond motifs is 1. The van der Waals surface area contributed by atoms with Gasteiger partial charge in [0.05, 0.1) is 12.6 Å². The molecule has 0 unspecified atom stereocenters. The normalized spacial score (nSPS) is 10.4. The van der Waals surface area contributed by atoms with E-state index in [0.717, 1.165) is 0 Å². The first kappa shape index (κ1) is 10.6. The van der Waals surface area contributed by atoms with Crippen LogP contribution in [-0.4, -0.2) is 28.2 Å². The molecule has 0 aliphatic heterocycles. The van der Waals surface area contributed by atoms with Gasteiger partial charge in [-0.2, -0.15) is 0 Å². The predicted molar refractivity (Wildman–Crippen MR) is 58.1 cm³/mol. The molecule has 2 heterocycles. The van der Waals surface area contributed by atoms with E-state index in [2.05, 4.69) is 9.97 Å². The highest BCUT2D eigenvalue weighted by molar-refractivity contribution is 6.34. The summed E-state index contributed by atoms with van der Waals surface area (Å²) in [6.45, 7) is 0. The van der Waals surface area contributed by atoms with Crippen molar-refractivity contribution in [2.45, 2.75) is 0 Å². The molecule has 2 aromatic rings. The number of rotatable bonds is 2. The largest absolute Gasteiger partial charge is 0.480 e. The van der Waals surface area contributed by atoms with Crippen molar-refractivity contribution in [3.05, 3.63) is 29.0 Å². The molecule has 0 amide bonds. The van der Waals surface area contributed by atoms with E-state index in [0.29, 0.717) is 10.9 Å². The number of aromatic carboxylic acids is 1. The van der Waals surface area contributed by atoms with Gasteiger partial charge in [0.15, 0.2) is 0 Å². The fourth-order valence-corrected chi connectivity index (χ4v) is 1.56. The fraction of sp³-hybridized carbons (Fsp3) is 0.100. The number of ether oxygens (including phenoxy) is 1. The standard InChI is InChI=1S/C10H7ClN2O3/c1-16-9-6(10(14)15)4-5-7(13-9)2-3-12-8(5)11/h2-4H,1H3,(H,14,15). The summed E-state index contributed by atoms with van der Waals surface area (Å²) in [6, 6.07) is 3.04. The lowest BCUT2D eigenvalue weighted by Crippen LogP contribution is -2.03. The van der Waals surface area contributed by atoms with Gasteiger partial charge in [0, 0.05) is 11.6 Å². The summed E-state index contributed by atoms with van der Waals surface area (Å²) in [4.78, 5) is 18.9. The molecule has 0 saturated carbocycles. The minimum atomic E-state index is -1.12. The third kappa shape index (κ3) is 1.65. The van der Waals surface area contributed by atoms with Crippen LogP contribution in [0.3, 0.4) is 0 Å². The smallest absolute Gasteiger partial charge is 0.341 e. The Hall–Kier alpha value is -1.88. The molecule has 0 spiro atoms. The second kappa shape index (κ2) is 3.94. The maximum atomic E-state index is 11.0. The van der Waals surface area contributed by atoms with Crippen LogP contribution in [0.1, 0.15) is 10.4 Å². The number of halogens is 1. The maximum absolute atomic E-state index is 11.0. The van der Waals surface area contributed by atoms with Crippen molar-refractivity contribution in [1.82, 2.24) is 9.97 Å². The van der Waals surface area contributed by atoms with Gasteiger partial charge in [0.25, 0.3) is 0 Å². The lowest BCUT2D eigenvalue weighted by Gasteiger charge is -2.06. The van der Waals surface area contributed by atoms with Crippen molar-refractivity contribution < 1.29 is 14.6 Å². The first-order valence-corrected chi connectivity index (χ1v) is 4.74. The number of pyridine rings is 2. The van der Waals surface area contributed by atoms with E-state index in [1.807, 2.05) is 0 Å². The highest BCUT2D eigenvalue weighted by atomic mass is 35.5. The molecule has 0 aliphatic rings. The molecule has 5 nitrogen and oxygen atoms in total. The van der Waals surface area contributed by atoms with Gasteiger partial charge in [-0.3, -0.25) is 0 Å². The van der Waals surface area contributed by atoms with Gasteiger partial charge in [0.2, 0.25) is 5.88 Å². The van der Waals surface area contributed by atoms with E-state index < -0.39 is 5.97 Å². The van der Waals surface area contributed by atoms with Crippen LogP contribution in [0.5, 0.6) is 5.88 Å². The SMILES string of the molecule is COc1nc2ccnc(Cl)c2cc1C(=O)O. The quantitative estimate of drug-likeness (QED) is 0.810. The molecule has 6 heteroatoms. The summed E-state index contributed by atoms with van der Waals surface area (Å²) in [6.07, 6.45) is 1.50. The van der Waals surface area contributed by atoms with Crippen molar-refractivity contribution in [3.63, 3.8) is 0 Å². The van der Waals surface area contributed by atoms with Crippen LogP contribution < -0.4 is 4.74 Å². The van der Waals surface area contributed by atoms with Gasteiger partial charge in [-0.15, -0.1) is 0 Å². The minimum Gasteiger partial charge on any atom is -0.480 e. The van der Waals surface area contributed by atoms with Crippen molar-refractivity contribution in [2.75, 3.05) is 7.11 Å². The molecule has 0 atom stereocenters. The zero-order valence-electron chi connectivity index (χ0n) is 8.27. The highest BCUT2D eigenvalue weighted by Gasteiger charge is 2.15. The Morgan fingerprint density at radius 3 is 2.94 bits per heavy atom. The Bertz CT molecular complexity index is 571. The molecule has 2 aromatic heterocycles. The van der Waals surface area contributed by atoms with E-state index >= 15 is 0 Å². The Balaban J connectivity index is 2.81. The van der Waals surface area contributed by atoms with Crippen molar-refractivity contribution in [3.8, 4) is 5.88 Å². The first-order valence-electron chi connectivity index (χ1n) is 4.36. The predicted octanol–water partition coefficient (Wildman–Crippen LogP) is 1.99. The van der Waals surface area contributed by atoms with Gasteiger partial charge in [-0.25, -0.2) is 14.8 Å². The Kier molecular flexibility index (Phi) is 2.62. The zero-order valence-corrected chi connectivity index (χ0v) is 9.02. The zero-order chi connectivity index (χ0) is 11.7. The Morgan fingerprint density at radius 2 is 2.31 bits per heavy atom. The number of carboxylic acids is 1. The number of hydrogen-bond donors (Lipinski definition) is 1. The number of hydrogen-bond acceptors (Lipinski definition) is 4. The molecule has 2 rings (SSSR count). The summed E-state index contributed by atoms with van der Waals surface area (Å²) in [5.74, 6) is -1.06. The Labute approximate surface area is 95.7 Å². The van der Waals surface area contributed by atoms with Crippen molar-refractivity contribution in [2.24, 2.45) is 0 Å². The summed E-state index contributed by atoms with van der Waals surface area (Å²) in [5, 5.41) is 9.67. The average molecular weight is 239 g/mol. The molecule has 0 saturated heterocycles. The molecule has 82 valence electrons. The second-order valence-corrected chi connectivity index (χ2v) is 3.38. The average Bonchev–Trinajstić information content (AvgIpc) is 2.27. The van der Waals surface area contributed by atoms with Crippen LogP contribution >= 0.6 is 11.6 Å². The highest BCUT2D eigenvalue weighted by Crippen LogP contribution is 2.25. The first-order chi connectivity index (χ1) is 7.63. The number of nitrogens with zero attached hydrogens (tertiary/aromatic N) is 2. The molecule has 1 N–H and O–H groups in total. The van der Waals surface area contributed by atoms with Crippen LogP contribution in [0.15, 0.2) is 18.3 Å². The van der Waals surface area contributed by atoms with Crippen LogP contribution in [-0.2, 0) is 0 Å². The van der Waals surface area contributed by atoms with Crippen molar-refractivity contribution >= 4 is 28.5 Å². The second-order valence-electron chi connectivity index (χ2n) is 3.02. The maximum Gasteiger partial charge on any atom is 0.341 e. The number of carboxylic acid groups (broad SMARTS) is 1. The van der Waals surface area contributed by atoms with Gasteiger partial charge in [-0.05, 0) is 12.1 Å². The molecule has 0 bridgehead atoms. The fourth-order valence-electron chi connectivity index (χ4n) is 1.35. The van der Waals surface area contributed by atoms with E-state index in [9.17, 15) is 4.79 Å². The topological polar surface area (TPSA) is 72.3 Å². The summed E-state index contributed by atoms with van der Waals surface area (Å²) in [7, 11) is 1.36. The third-order valence-electron chi connectivity index (χ3n) is 2.08. The van der Waals surface area contributed by atoms with Crippen molar-refractivity contribution in [1.29, 1.82) is 0 Å². The number of aromatic nitrogens is 2. The molecule has 0 fully saturated rings. The van der Waals surface area contributed by atoms with Crippen LogP contribution in [0.4, 0.5) is 0 Å².